The van der Waals surface area contributed by atoms with Gasteiger partial charge in [0, 0.05) is 16.8 Å². The van der Waals surface area contributed by atoms with E-state index in [2.05, 4.69) is 5.32 Å². The zero-order chi connectivity index (χ0) is 20.1. The van der Waals surface area contributed by atoms with Gasteiger partial charge in [-0.3, -0.25) is 4.79 Å². The SMILES string of the molecule is O=C(CN(C1CCCCC1)S(=O)(=O)c1ccc(F)cc1)Nc1ccc(Cl)cc1. The Kier molecular flexibility index (Phi) is 6.69. The largest absolute Gasteiger partial charge is 0.325 e. The Bertz CT molecular complexity index is 911. The molecule has 0 aromatic heterocycles. The Balaban J connectivity index is 1.83. The number of sulfonamides is 1. The number of rotatable bonds is 6. The van der Waals surface area contributed by atoms with Crippen molar-refractivity contribution in [2.75, 3.05) is 11.9 Å². The van der Waals surface area contributed by atoms with Gasteiger partial charge in [-0.1, -0.05) is 30.9 Å². The molecule has 28 heavy (non-hydrogen) atoms. The van der Waals surface area contributed by atoms with Gasteiger partial charge < -0.3 is 5.32 Å². The third-order valence-electron chi connectivity index (χ3n) is 4.83. The predicted molar refractivity (Wildman–Crippen MR) is 107 cm³/mol. The van der Waals surface area contributed by atoms with Gasteiger partial charge in [0.05, 0.1) is 11.4 Å². The van der Waals surface area contributed by atoms with Crippen LogP contribution in [0.2, 0.25) is 5.02 Å². The zero-order valence-corrected chi connectivity index (χ0v) is 16.8. The third kappa shape index (κ3) is 5.10. The smallest absolute Gasteiger partial charge is 0.243 e. The van der Waals surface area contributed by atoms with Gasteiger partial charge in [-0.25, -0.2) is 12.8 Å². The number of carbonyl (C=O) groups excluding carboxylic acids is 1. The maximum Gasteiger partial charge on any atom is 0.243 e. The molecule has 1 amide bonds. The average molecular weight is 425 g/mol. The molecule has 3 rings (SSSR count). The first kappa shape index (κ1) is 20.8. The number of benzene rings is 2. The average Bonchev–Trinajstić information content (AvgIpc) is 2.69. The molecular weight excluding hydrogens is 403 g/mol. The summed E-state index contributed by atoms with van der Waals surface area (Å²) in [7, 11) is -3.93. The number of anilines is 1. The van der Waals surface area contributed by atoms with E-state index in [1.54, 1.807) is 24.3 Å². The molecule has 0 saturated heterocycles. The Morgan fingerprint density at radius 2 is 1.64 bits per heavy atom. The molecule has 2 aromatic carbocycles. The minimum absolute atomic E-state index is 0.0150. The Morgan fingerprint density at radius 3 is 2.25 bits per heavy atom. The van der Waals surface area contributed by atoms with Gasteiger partial charge in [0.1, 0.15) is 5.82 Å². The summed E-state index contributed by atoms with van der Waals surface area (Å²) in [6.07, 6.45) is 4.29. The van der Waals surface area contributed by atoms with E-state index < -0.39 is 21.7 Å². The van der Waals surface area contributed by atoms with E-state index in [1.807, 2.05) is 0 Å². The van der Waals surface area contributed by atoms with Crippen LogP contribution < -0.4 is 5.32 Å². The van der Waals surface area contributed by atoms with Crippen molar-refractivity contribution in [2.45, 2.75) is 43.0 Å². The third-order valence-corrected chi connectivity index (χ3v) is 6.99. The normalized spacial score (nSPS) is 15.5. The lowest BCUT2D eigenvalue weighted by Crippen LogP contribution is -2.45. The summed E-state index contributed by atoms with van der Waals surface area (Å²) in [5, 5.41) is 3.25. The highest BCUT2D eigenvalue weighted by Gasteiger charge is 2.34. The molecule has 1 aliphatic rings. The van der Waals surface area contributed by atoms with Crippen LogP contribution in [-0.4, -0.2) is 31.2 Å². The van der Waals surface area contributed by atoms with Gasteiger partial charge in [0.25, 0.3) is 0 Å². The summed E-state index contributed by atoms with van der Waals surface area (Å²) in [6, 6.07) is 11.0. The minimum atomic E-state index is -3.93. The molecule has 1 aliphatic carbocycles. The number of amides is 1. The summed E-state index contributed by atoms with van der Waals surface area (Å²) in [6.45, 7) is -0.299. The van der Waals surface area contributed by atoms with E-state index in [9.17, 15) is 17.6 Å². The highest BCUT2D eigenvalue weighted by Crippen LogP contribution is 2.28. The predicted octanol–water partition coefficient (Wildman–Crippen LogP) is 4.44. The van der Waals surface area contributed by atoms with E-state index in [0.717, 1.165) is 31.4 Å². The van der Waals surface area contributed by atoms with Crippen molar-refractivity contribution in [1.29, 1.82) is 0 Å². The van der Waals surface area contributed by atoms with Crippen molar-refractivity contribution in [2.24, 2.45) is 0 Å². The first-order valence-electron chi connectivity index (χ1n) is 9.19. The summed E-state index contributed by atoms with van der Waals surface area (Å²) in [5.74, 6) is -0.942. The second kappa shape index (κ2) is 9.03. The molecule has 0 bridgehead atoms. The summed E-state index contributed by atoms with van der Waals surface area (Å²) < 4.78 is 40.8. The fourth-order valence-corrected chi connectivity index (χ4v) is 5.16. The van der Waals surface area contributed by atoms with E-state index >= 15 is 0 Å². The molecule has 0 radical (unpaired) electrons. The van der Waals surface area contributed by atoms with Crippen molar-refractivity contribution < 1.29 is 17.6 Å². The van der Waals surface area contributed by atoms with E-state index in [4.69, 9.17) is 11.6 Å². The highest BCUT2D eigenvalue weighted by molar-refractivity contribution is 7.89. The number of hydrogen-bond donors (Lipinski definition) is 1. The highest BCUT2D eigenvalue weighted by atomic mass is 35.5. The van der Waals surface area contributed by atoms with Crippen LogP contribution in [0.15, 0.2) is 53.4 Å². The molecule has 1 N–H and O–H groups in total. The number of halogens is 2. The van der Waals surface area contributed by atoms with Crippen LogP contribution in [0, 0.1) is 5.82 Å². The van der Waals surface area contributed by atoms with E-state index in [-0.39, 0.29) is 17.5 Å². The molecule has 0 unspecified atom stereocenters. The van der Waals surface area contributed by atoms with Crippen molar-refractivity contribution in [3.8, 4) is 0 Å². The number of hydrogen-bond acceptors (Lipinski definition) is 3. The van der Waals surface area contributed by atoms with Crippen LogP contribution in [-0.2, 0) is 14.8 Å². The second-order valence-corrected chi connectivity index (χ2v) is 9.18. The van der Waals surface area contributed by atoms with Crippen molar-refractivity contribution >= 4 is 33.2 Å². The van der Waals surface area contributed by atoms with Crippen molar-refractivity contribution in [1.82, 2.24) is 4.31 Å². The number of nitrogens with one attached hydrogen (secondary N) is 1. The van der Waals surface area contributed by atoms with Crippen molar-refractivity contribution in [3.63, 3.8) is 0 Å². The first-order valence-corrected chi connectivity index (χ1v) is 11.0. The molecule has 2 aromatic rings. The Morgan fingerprint density at radius 1 is 1.04 bits per heavy atom. The molecule has 0 atom stereocenters. The lowest BCUT2D eigenvalue weighted by atomic mass is 9.95. The standard InChI is InChI=1S/C20H22ClFN2O3S/c21-15-6-10-17(11-7-15)23-20(25)14-24(18-4-2-1-3-5-18)28(26,27)19-12-8-16(22)9-13-19/h6-13,18H,1-5,14H2,(H,23,25). The summed E-state index contributed by atoms with van der Waals surface area (Å²) in [5.41, 5.74) is 0.539. The van der Waals surface area contributed by atoms with Crippen LogP contribution >= 0.6 is 11.6 Å². The molecule has 5 nitrogen and oxygen atoms in total. The number of carbonyl (C=O) groups is 1. The molecule has 1 saturated carbocycles. The van der Waals surface area contributed by atoms with Crippen LogP contribution in [0.5, 0.6) is 0 Å². The molecule has 0 heterocycles. The zero-order valence-electron chi connectivity index (χ0n) is 15.3. The Hall–Kier alpha value is -1.96. The van der Waals surface area contributed by atoms with Crippen LogP contribution in [0.25, 0.3) is 0 Å². The topological polar surface area (TPSA) is 66.5 Å². The van der Waals surface area contributed by atoms with E-state index in [0.29, 0.717) is 23.6 Å². The van der Waals surface area contributed by atoms with Gasteiger partial charge in [0.2, 0.25) is 15.9 Å². The molecular formula is C20H22ClFN2O3S. The molecule has 150 valence electrons. The molecule has 0 spiro atoms. The molecule has 1 fully saturated rings. The second-order valence-electron chi connectivity index (χ2n) is 6.85. The monoisotopic (exact) mass is 424 g/mol. The van der Waals surface area contributed by atoms with Gasteiger partial charge >= 0.3 is 0 Å². The molecule has 8 heteroatoms. The minimum Gasteiger partial charge on any atom is -0.325 e. The maximum atomic E-state index is 13.2. The fraction of sp³-hybridized carbons (Fsp3) is 0.350. The lowest BCUT2D eigenvalue weighted by molar-refractivity contribution is -0.116. The Labute approximate surface area is 169 Å². The first-order chi connectivity index (χ1) is 13.4. The van der Waals surface area contributed by atoms with E-state index in [1.165, 1.54) is 16.4 Å². The quantitative estimate of drug-likeness (QED) is 0.745. The molecule has 0 aliphatic heterocycles. The van der Waals surface area contributed by atoms with Gasteiger partial charge in [-0.05, 0) is 61.4 Å². The fourth-order valence-electron chi connectivity index (χ4n) is 3.40. The van der Waals surface area contributed by atoms with Gasteiger partial charge in [-0.2, -0.15) is 4.31 Å². The summed E-state index contributed by atoms with van der Waals surface area (Å²) in [4.78, 5) is 12.6. The van der Waals surface area contributed by atoms with Gasteiger partial charge in [-0.15, -0.1) is 0 Å². The number of nitrogens with zero attached hydrogens (tertiary/aromatic N) is 1. The summed E-state index contributed by atoms with van der Waals surface area (Å²) >= 11 is 5.85. The van der Waals surface area contributed by atoms with Crippen LogP contribution in [0.1, 0.15) is 32.1 Å². The van der Waals surface area contributed by atoms with Crippen LogP contribution in [0.3, 0.4) is 0 Å². The maximum absolute atomic E-state index is 13.2. The van der Waals surface area contributed by atoms with Gasteiger partial charge in [0.15, 0.2) is 0 Å². The van der Waals surface area contributed by atoms with Crippen LogP contribution in [0.4, 0.5) is 10.1 Å². The lowest BCUT2D eigenvalue weighted by Gasteiger charge is -2.33. The van der Waals surface area contributed by atoms with Crippen molar-refractivity contribution in [3.05, 3.63) is 59.4 Å².